The minimum Gasteiger partial charge on any atom is -0.436 e. The zero-order valence-corrected chi connectivity index (χ0v) is 13.7. The molecule has 10 heteroatoms. The summed E-state index contributed by atoms with van der Waals surface area (Å²) in [7, 11) is 0. The van der Waals surface area contributed by atoms with Gasteiger partial charge in [-0.05, 0) is 18.2 Å². The van der Waals surface area contributed by atoms with E-state index in [2.05, 4.69) is 10.3 Å². The summed E-state index contributed by atoms with van der Waals surface area (Å²) in [6.07, 6.45) is -4.24. The van der Waals surface area contributed by atoms with Crippen molar-refractivity contribution in [2.75, 3.05) is 5.32 Å². The Bertz CT molecular complexity index is 810. The molecule has 1 heterocycles. The molecule has 5 nitrogen and oxygen atoms in total. The van der Waals surface area contributed by atoms with Gasteiger partial charge in [0.05, 0.1) is 21.7 Å². The Hall–Kier alpha value is -2.50. The molecule has 1 N–H and O–H groups in total. The lowest BCUT2D eigenvalue weighted by Crippen LogP contribution is -2.10. The average molecular weight is 390 g/mol. The summed E-state index contributed by atoms with van der Waals surface area (Å²) >= 11 is 12.0. The van der Waals surface area contributed by atoms with Crippen molar-refractivity contribution in [1.82, 2.24) is 4.98 Å². The van der Waals surface area contributed by atoms with E-state index in [9.17, 15) is 18.0 Å². The van der Waals surface area contributed by atoms with E-state index < -0.39 is 17.6 Å². The van der Waals surface area contributed by atoms with Crippen molar-refractivity contribution in [3.63, 3.8) is 0 Å². The summed E-state index contributed by atoms with van der Waals surface area (Å²) in [5, 5.41) is 10.9. The first-order valence-corrected chi connectivity index (χ1v) is 7.33. The Labute approximate surface area is 149 Å². The van der Waals surface area contributed by atoms with E-state index >= 15 is 0 Å². The van der Waals surface area contributed by atoms with Gasteiger partial charge in [-0.15, -0.1) is 0 Å². The van der Waals surface area contributed by atoms with Crippen LogP contribution in [-0.2, 0) is 11.0 Å². The summed E-state index contributed by atoms with van der Waals surface area (Å²) in [4.78, 5) is 14.9. The number of ether oxygens (including phenoxy) is 1. The van der Waals surface area contributed by atoms with Crippen LogP contribution in [0.2, 0.25) is 10.0 Å². The minimum absolute atomic E-state index is 0.00135. The van der Waals surface area contributed by atoms with E-state index in [4.69, 9.17) is 33.2 Å². The highest BCUT2D eigenvalue weighted by molar-refractivity contribution is 6.37. The number of rotatable bonds is 4. The van der Waals surface area contributed by atoms with Gasteiger partial charge in [-0.2, -0.15) is 18.4 Å². The van der Waals surface area contributed by atoms with E-state index in [0.717, 1.165) is 12.1 Å². The van der Waals surface area contributed by atoms with Crippen molar-refractivity contribution in [3.05, 3.63) is 46.1 Å². The number of halogens is 5. The maximum Gasteiger partial charge on any atom is 0.417 e. The molecule has 0 aliphatic heterocycles. The van der Waals surface area contributed by atoms with Crippen molar-refractivity contribution >= 4 is 34.8 Å². The van der Waals surface area contributed by atoms with E-state index in [1.807, 2.05) is 0 Å². The first kappa shape index (κ1) is 18.8. The first-order chi connectivity index (χ1) is 11.7. The average Bonchev–Trinajstić information content (AvgIpc) is 2.51. The molecule has 1 aromatic heterocycles. The van der Waals surface area contributed by atoms with Crippen LogP contribution in [0.4, 0.5) is 18.9 Å². The first-order valence-electron chi connectivity index (χ1n) is 6.57. The standard InChI is InChI=1S/C15H8Cl2F3N3O2/c16-10-5-9(23-12(24)3-4-21)6-11(17)14(10)25-13-2-1-8(7-22-13)15(18,19)20/h1-2,5-7H,3H2,(H,23,24). The molecule has 0 bridgehead atoms. The van der Waals surface area contributed by atoms with Gasteiger partial charge < -0.3 is 10.1 Å². The molecule has 130 valence electrons. The van der Waals surface area contributed by atoms with E-state index in [1.165, 1.54) is 12.1 Å². The normalized spacial score (nSPS) is 10.9. The Kier molecular flexibility index (Phi) is 5.72. The van der Waals surface area contributed by atoms with Gasteiger partial charge in [0.2, 0.25) is 11.8 Å². The van der Waals surface area contributed by atoms with E-state index in [1.54, 1.807) is 6.07 Å². The molecule has 0 saturated heterocycles. The monoisotopic (exact) mass is 389 g/mol. The Morgan fingerprint density at radius 2 is 1.92 bits per heavy atom. The van der Waals surface area contributed by atoms with Crippen molar-refractivity contribution in [1.29, 1.82) is 5.26 Å². The fourth-order valence-electron chi connectivity index (χ4n) is 1.72. The number of alkyl halides is 3. The summed E-state index contributed by atoms with van der Waals surface area (Å²) < 4.78 is 42.8. The van der Waals surface area contributed by atoms with Crippen molar-refractivity contribution in [2.24, 2.45) is 0 Å². The van der Waals surface area contributed by atoms with Gasteiger partial charge in [-0.1, -0.05) is 23.2 Å². The third kappa shape index (κ3) is 4.98. The van der Waals surface area contributed by atoms with Crippen molar-refractivity contribution in [3.8, 4) is 17.7 Å². The molecule has 0 radical (unpaired) electrons. The molecule has 1 aromatic carbocycles. The van der Waals surface area contributed by atoms with Gasteiger partial charge in [-0.3, -0.25) is 4.79 Å². The summed E-state index contributed by atoms with van der Waals surface area (Å²) in [6.45, 7) is 0. The van der Waals surface area contributed by atoms with Gasteiger partial charge in [0.25, 0.3) is 0 Å². The van der Waals surface area contributed by atoms with E-state index in [-0.39, 0.29) is 33.8 Å². The number of aromatic nitrogens is 1. The summed E-state index contributed by atoms with van der Waals surface area (Å²) in [5.41, 5.74) is -0.685. The van der Waals surface area contributed by atoms with Crippen LogP contribution in [0.15, 0.2) is 30.5 Å². The summed E-state index contributed by atoms with van der Waals surface area (Å²) in [6, 6.07) is 6.16. The van der Waals surface area contributed by atoms with E-state index in [0.29, 0.717) is 6.20 Å². The van der Waals surface area contributed by atoms with Gasteiger partial charge in [0.1, 0.15) is 6.42 Å². The molecule has 0 aliphatic rings. The van der Waals surface area contributed by atoms with Gasteiger partial charge in [-0.25, -0.2) is 4.98 Å². The quantitative estimate of drug-likeness (QED) is 0.793. The third-order valence-corrected chi connectivity index (χ3v) is 3.35. The number of nitrogens with one attached hydrogen (secondary N) is 1. The SMILES string of the molecule is N#CCC(=O)Nc1cc(Cl)c(Oc2ccc(C(F)(F)F)cn2)c(Cl)c1. The molecule has 0 spiro atoms. The molecule has 0 saturated carbocycles. The second kappa shape index (κ2) is 7.59. The fourth-order valence-corrected chi connectivity index (χ4v) is 2.28. The molecular formula is C15H8Cl2F3N3O2. The molecule has 25 heavy (non-hydrogen) atoms. The van der Waals surface area contributed by atoms with Crippen LogP contribution in [0, 0.1) is 11.3 Å². The number of nitrogens with zero attached hydrogens (tertiary/aromatic N) is 2. The zero-order chi connectivity index (χ0) is 18.6. The second-order valence-electron chi connectivity index (χ2n) is 4.64. The lowest BCUT2D eigenvalue weighted by molar-refractivity contribution is -0.137. The lowest BCUT2D eigenvalue weighted by Gasteiger charge is -2.12. The molecule has 0 fully saturated rings. The second-order valence-corrected chi connectivity index (χ2v) is 5.45. The van der Waals surface area contributed by atoms with Gasteiger partial charge in [0, 0.05) is 18.0 Å². The number of nitriles is 1. The highest BCUT2D eigenvalue weighted by Crippen LogP contribution is 2.39. The number of amides is 1. The van der Waals surface area contributed by atoms with Crippen LogP contribution in [0.3, 0.4) is 0 Å². The Morgan fingerprint density at radius 1 is 1.28 bits per heavy atom. The summed E-state index contributed by atoms with van der Waals surface area (Å²) in [5.74, 6) is -0.723. The Balaban J connectivity index is 2.20. The van der Waals surface area contributed by atoms with Gasteiger partial charge >= 0.3 is 6.18 Å². The maximum absolute atomic E-state index is 12.5. The molecule has 0 unspecified atom stereocenters. The highest BCUT2D eigenvalue weighted by Gasteiger charge is 2.30. The molecule has 0 aliphatic carbocycles. The predicted octanol–water partition coefficient (Wildman–Crippen LogP) is 5.05. The highest BCUT2D eigenvalue weighted by atomic mass is 35.5. The molecule has 2 rings (SSSR count). The maximum atomic E-state index is 12.5. The minimum atomic E-state index is -4.51. The van der Waals surface area contributed by atoms with Crippen LogP contribution in [0.5, 0.6) is 11.6 Å². The smallest absolute Gasteiger partial charge is 0.417 e. The number of pyridine rings is 1. The van der Waals surface area contributed by atoms with Crippen LogP contribution < -0.4 is 10.1 Å². The third-order valence-electron chi connectivity index (χ3n) is 2.79. The molecule has 0 atom stereocenters. The van der Waals surface area contributed by atoms with Crippen LogP contribution in [-0.4, -0.2) is 10.9 Å². The molecule has 1 amide bonds. The topological polar surface area (TPSA) is 75.0 Å². The molecular weight excluding hydrogens is 382 g/mol. The largest absolute Gasteiger partial charge is 0.436 e. The number of hydrogen-bond acceptors (Lipinski definition) is 4. The van der Waals surface area contributed by atoms with Crippen LogP contribution in [0.1, 0.15) is 12.0 Å². The van der Waals surface area contributed by atoms with Crippen molar-refractivity contribution in [2.45, 2.75) is 12.6 Å². The molecule has 2 aromatic rings. The number of hydrogen-bond donors (Lipinski definition) is 1. The number of anilines is 1. The van der Waals surface area contributed by atoms with Crippen molar-refractivity contribution < 1.29 is 22.7 Å². The lowest BCUT2D eigenvalue weighted by atomic mass is 10.2. The number of benzene rings is 1. The van der Waals surface area contributed by atoms with Crippen LogP contribution in [0.25, 0.3) is 0 Å². The number of carbonyl (C=O) groups is 1. The Morgan fingerprint density at radius 3 is 2.40 bits per heavy atom. The predicted molar refractivity (Wildman–Crippen MR) is 84.6 cm³/mol. The van der Waals surface area contributed by atoms with Crippen LogP contribution >= 0.6 is 23.2 Å². The zero-order valence-electron chi connectivity index (χ0n) is 12.2. The number of carbonyl (C=O) groups excluding carboxylic acids is 1. The fraction of sp³-hybridized carbons (Fsp3) is 0.133. The van der Waals surface area contributed by atoms with Gasteiger partial charge in [0.15, 0.2) is 5.75 Å².